The fourth-order valence-corrected chi connectivity index (χ4v) is 3.05. The molecule has 2 aromatic heterocycles. The lowest BCUT2D eigenvalue weighted by Gasteiger charge is -2.35. The maximum atomic E-state index is 6.31. The van der Waals surface area contributed by atoms with Gasteiger partial charge in [-0.1, -0.05) is 11.6 Å². The van der Waals surface area contributed by atoms with Gasteiger partial charge in [0.1, 0.15) is 11.5 Å². The smallest absolute Gasteiger partial charge is 0.159 e. The molecule has 1 saturated carbocycles. The summed E-state index contributed by atoms with van der Waals surface area (Å²) in [6, 6.07) is 5.69. The second-order valence-electron chi connectivity index (χ2n) is 5.78. The highest BCUT2D eigenvalue weighted by Gasteiger charge is 2.37. The summed E-state index contributed by atoms with van der Waals surface area (Å²) in [6.45, 7) is 0. The summed E-state index contributed by atoms with van der Waals surface area (Å²) < 4.78 is 2.02. The number of nitrogens with two attached hydrogens (primary N) is 1. The lowest BCUT2D eigenvalue weighted by Crippen LogP contribution is -2.44. The average Bonchev–Trinajstić information content (AvgIpc) is 3.02. The Morgan fingerprint density at radius 2 is 2.19 bits per heavy atom. The lowest BCUT2D eigenvalue weighted by atomic mass is 9.77. The van der Waals surface area contributed by atoms with Crippen LogP contribution in [0.25, 0.3) is 22.6 Å². The Balaban J connectivity index is 1.81. The first-order valence-electron chi connectivity index (χ1n) is 7.03. The number of hydrogen-bond donors (Lipinski definition) is 2. The van der Waals surface area contributed by atoms with Crippen LogP contribution in [0.15, 0.2) is 24.4 Å². The number of halogens is 1. The number of nitrogens with one attached hydrogen (secondary N) is 1. The van der Waals surface area contributed by atoms with E-state index in [-0.39, 0.29) is 5.54 Å². The number of aromatic amines is 1. The third-order valence-electron chi connectivity index (χ3n) is 4.38. The van der Waals surface area contributed by atoms with Crippen LogP contribution in [0.5, 0.6) is 0 Å². The number of imidazole rings is 2. The molecule has 0 amide bonds. The van der Waals surface area contributed by atoms with E-state index in [2.05, 4.69) is 15.0 Å². The van der Waals surface area contributed by atoms with E-state index in [0.717, 1.165) is 47.6 Å². The predicted molar refractivity (Wildman–Crippen MR) is 83.0 cm³/mol. The van der Waals surface area contributed by atoms with E-state index in [1.165, 1.54) is 0 Å². The normalized spacial score (nSPS) is 17.1. The van der Waals surface area contributed by atoms with Crippen molar-refractivity contribution in [2.24, 2.45) is 12.8 Å². The molecule has 5 nitrogen and oxygen atoms in total. The molecule has 0 bridgehead atoms. The summed E-state index contributed by atoms with van der Waals surface area (Å²) in [6.07, 6.45) is 4.94. The Hall–Kier alpha value is -1.85. The number of rotatable bonds is 2. The first-order valence-corrected chi connectivity index (χ1v) is 7.41. The molecule has 6 heteroatoms. The molecule has 3 aromatic rings. The number of fused-ring (bicyclic) bond motifs is 1. The maximum Gasteiger partial charge on any atom is 0.159 e. The van der Waals surface area contributed by atoms with E-state index < -0.39 is 0 Å². The summed E-state index contributed by atoms with van der Waals surface area (Å²) in [5.41, 5.74) is 8.83. The molecule has 3 N–H and O–H groups in total. The Kier molecular flexibility index (Phi) is 2.65. The Morgan fingerprint density at radius 3 is 2.90 bits per heavy atom. The van der Waals surface area contributed by atoms with Crippen molar-refractivity contribution in [2.45, 2.75) is 24.8 Å². The molecule has 1 aliphatic carbocycles. The number of nitrogens with zero attached hydrogens (tertiary/aromatic N) is 3. The van der Waals surface area contributed by atoms with Crippen molar-refractivity contribution >= 4 is 22.6 Å². The van der Waals surface area contributed by atoms with Crippen LogP contribution in [0.3, 0.4) is 0 Å². The number of aryl methyl sites for hydroxylation is 1. The van der Waals surface area contributed by atoms with Crippen LogP contribution >= 0.6 is 11.6 Å². The van der Waals surface area contributed by atoms with Gasteiger partial charge in [-0.15, -0.1) is 0 Å². The highest BCUT2D eigenvalue weighted by atomic mass is 35.5. The van der Waals surface area contributed by atoms with Gasteiger partial charge in [-0.3, -0.25) is 0 Å². The van der Waals surface area contributed by atoms with Crippen molar-refractivity contribution in [3.05, 3.63) is 35.2 Å². The van der Waals surface area contributed by atoms with E-state index in [0.29, 0.717) is 5.02 Å². The van der Waals surface area contributed by atoms with Crippen molar-refractivity contribution in [1.29, 1.82) is 0 Å². The monoisotopic (exact) mass is 301 g/mol. The number of benzene rings is 1. The molecule has 0 radical (unpaired) electrons. The Bertz CT molecular complexity index is 828. The van der Waals surface area contributed by atoms with Crippen LogP contribution in [0.4, 0.5) is 0 Å². The van der Waals surface area contributed by atoms with Crippen molar-refractivity contribution < 1.29 is 0 Å². The summed E-state index contributed by atoms with van der Waals surface area (Å²) in [7, 11) is 1.98. The van der Waals surface area contributed by atoms with Gasteiger partial charge in [0.2, 0.25) is 0 Å². The first kappa shape index (κ1) is 12.9. The van der Waals surface area contributed by atoms with Crippen LogP contribution < -0.4 is 5.73 Å². The van der Waals surface area contributed by atoms with Gasteiger partial charge in [-0.2, -0.15) is 0 Å². The van der Waals surface area contributed by atoms with E-state index >= 15 is 0 Å². The average molecular weight is 302 g/mol. The van der Waals surface area contributed by atoms with Gasteiger partial charge in [0.05, 0.1) is 22.8 Å². The Morgan fingerprint density at radius 1 is 1.38 bits per heavy atom. The molecular weight excluding hydrogens is 286 g/mol. The van der Waals surface area contributed by atoms with E-state index in [4.69, 9.17) is 17.3 Å². The minimum Gasteiger partial charge on any atom is -0.338 e. The molecular formula is C15H16ClN5. The minimum absolute atomic E-state index is 0.286. The van der Waals surface area contributed by atoms with Crippen LogP contribution in [0, 0.1) is 0 Å². The third-order valence-corrected chi connectivity index (χ3v) is 4.61. The fraction of sp³-hybridized carbons (Fsp3) is 0.333. The SMILES string of the molecule is Cn1c(-c2cnc(C3(N)CCC3)[nH]2)nc2ccc(Cl)cc21. The standard InChI is InChI=1S/C15H16ClN5/c1-21-12-7-9(16)3-4-10(12)19-13(21)11-8-18-14(20-11)15(17)5-2-6-15/h3-4,7-8H,2,5-6,17H2,1H3,(H,18,20). The van der Waals surface area contributed by atoms with Crippen molar-refractivity contribution in [3.8, 4) is 11.5 Å². The van der Waals surface area contributed by atoms with Gasteiger partial charge in [0.15, 0.2) is 5.82 Å². The zero-order valence-corrected chi connectivity index (χ0v) is 12.5. The summed E-state index contributed by atoms with van der Waals surface area (Å²) in [5, 5.41) is 0.706. The molecule has 0 spiro atoms. The largest absolute Gasteiger partial charge is 0.338 e. The first-order chi connectivity index (χ1) is 10.1. The van der Waals surface area contributed by atoms with Gasteiger partial charge in [0, 0.05) is 12.1 Å². The van der Waals surface area contributed by atoms with E-state index in [9.17, 15) is 0 Å². The lowest BCUT2D eigenvalue weighted by molar-refractivity contribution is 0.240. The quantitative estimate of drug-likeness (QED) is 0.764. The topological polar surface area (TPSA) is 72.5 Å². The molecule has 1 fully saturated rings. The third kappa shape index (κ3) is 1.88. The summed E-state index contributed by atoms with van der Waals surface area (Å²) in [5.74, 6) is 1.70. The molecule has 4 rings (SSSR count). The fourth-order valence-electron chi connectivity index (χ4n) is 2.89. The van der Waals surface area contributed by atoms with Crippen molar-refractivity contribution in [2.75, 3.05) is 0 Å². The summed E-state index contributed by atoms with van der Waals surface area (Å²) in [4.78, 5) is 12.4. The van der Waals surface area contributed by atoms with Crippen LogP contribution in [-0.4, -0.2) is 19.5 Å². The molecule has 0 saturated heterocycles. The number of H-pyrrole nitrogens is 1. The second kappa shape index (κ2) is 4.32. The van der Waals surface area contributed by atoms with Gasteiger partial charge in [0.25, 0.3) is 0 Å². The van der Waals surface area contributed by atoms with Crippen LogP contribution in [-0.2, 0) is 12.6 Å². The molecule has 21 heavy (non-hydrogen) atoms. The van der Waals surface area contributed by atoms with Crippen molar-refractivity contribution in [3.63, 3.8) is 0 Å². The zero-order valence-electron chi connectivity index (χ0n) is 11.7. The van der Waals surface area contributed by atoms with Crippen molar-refractivity contribution in [1.82, 2.24) is 19.5 Å². The van der Waals surface area contributed by atoms with Gasteiger partial charge in [-0.05, 0) is 37.5 Å². The molecule has 1 aromatic carbocycles. The van der Waals surface area contributed by atoms with Gasteiger partial charge < -0.3 is 15.3 Å². The van der Waals surface area contributed by atoms with Crippen LogP contribution in [0.1, 0.15) is 25.1 Å². The molecule has 0 aliphatic heterocycles. The minimum atomic E-state index is -0.286. The molecule has 108 valence electrons. The van der Waals surface area contributed by atoms with Gasteiger partial charge in [-0.25, -0.2) is 9.97 Å². The highest BCUT2D eigenvalue weighted by molar-refractivity contribution is 6.31. The molecule has 1 aliphatic rings. The Labute approximate surface area is 127 Å². The highest BCUT2D eigenvalue weighted by Crippen LogP contribution is 2.37. The summed E-state index contributed by atoms with van der Waals surface area (Å²) >= 11 is 6.06. The van der Waals surface area contributed by atoms with Crippen LogP contribution in [0.2, 0.25) is 5.02 Å². The second-order valence-corrected chi connectivity index (χ2v) is 6.22. The van der Waals surface area contributed by atoms with E-state index in [1.807, 2.05) is 36.0 Å². The number of hydrogen-bond acceptors (Lipinski definition) is 3. The molecule has 0 unspecified atom stereocenters. The predicted octanol–water partition coefficient (Wildman–Crippen LogP) is 2.95. The van der Waals surface area contributed by atoms with Gasteiger partial charge >= 0.3 is 0 Å². The zero-order chi connectivity index (χ0) is 14.6. The number of aromatic nitrogens is 4. The molecule has 0 atom stereocenters. The van der Waals surface area contributed by atoms with E-state index in [1.54, 1.807) is 0 Å². The molecule has 2 heterocycles. The maximum absolute atomic E-state index is 6.31.